The number of thioether (sulfide) groups is 1. The number of benzene rings is 3. The Morgan fingerprint density at radius 2 is 1.82 bits per heavy atom. The largest absolute Gasteiger partial charge is 0.324 e. The number of hydrogen-bond donors (Lipinski definition) is 1. The average molecular weight is 472 g/mol. The van der Waals surface area contributed by atoms with Gasteiger partial charge in [-0.25, -0.2) is 0 Å². The number of carbonyl (C=O) groups is 2. The summed E-state index contributed by atoms with van der Waals surface area (Å²) in [5.74, 6) is -0.0859. The first kappa shape index (κ1) is 21.1. The topological polar surface area (TPSA) is 92.5 Å². The molecule has 0 aliphatic carbocycles. The number of anilines is 1. The molecule has 3 aromatic rings. The molecular formula is C26H21N3O4S. The first-order valence-corrected chi connectivity index (χ1v) is 12.3. The summed E-state index contributed by atoms with van der Waals surface area (Å²) in [7, 11) is 0. The highest BCUT2D eigenvalue weighted by molar-refractivity contribution is 7.99. The molecule has 0 bridgehead atoms. The zero-order valence-corrected chi connectivity index (χ0v) is 18.9. The number of nitrogens with zero attached hydrogens (tertiary/aromatic N) is 2. The van der Waals surface area contributed by atoms with Gasteiger partial charge < -0.3 is 5.32 Å². The van der Waals surface area contributed by atoms with Crippen molar-refractivity contribution in [3.8, 4) is 0 Å². The molecule has 1 spiro atoms. The van der Waals surface area contributed by atoms with Gasteiger partial charge in [-0.05, 0) is 11.6 Å². The van der Waals surface area contributed by atoms with Crippen LogP contribution in [0.2, 0.25) is 0 Å². The van der Waals surface area contributed by atoms with Crippen LogP contribution in [-0.4, -0.2) is 39.2 Å². The van der Waals surface area contributed by atoms with Crippen molar-refractivity contribution in [2.24, 2.45) is 5.92 Å². The number of amides is 1. The summed E-state index contributed by atoms with van der Waals surface area (Å²) in [6.07, 6.45) is 0. The second-order valence-corrected chi connectivity index (χ2v) is 9.89. The van der Waals surface area contributed by atoms with E-state index in [-0.39, 0.29) is 29.3 Å². The van der Waals surface area contributed by atoms with Gasteiger partial charge in [0.05, 0.1) is 10.8 Å². The van der Waals surface area contributed by atoms with Crippen molar-refractivity contribution in [1.29, 1.82) is 0 Å². The molecular weight excluding hydrogens is 450 g/mol. The van der Waals surface area contributed by atoms with E-state index in [0.29, 0.717) is 17.1 Å². The molecule has 3 aliphatic rings. The van der Waals surface area contributed by atoms with Gasteiger partial charge in [-0.2, -0.15) is 0 Å². The van der Waals surface area contributed by atoms with Crippen molar-refractivity contribution < 1.29 is 14.5 Å². The first-order chi connectivity index (χ1) is 16.5. The lowest BCUT2D eigenvalue weighted by atomic mass is 9.69. The van der Waals surface area contributed by atoms with E-state index >= 15 is 0 Å². The highest BCUT2D eigenvalue weighted by Gasteiger charge is 2.69. The molecule has 2 saturated heterocycles. The molecule has 1 N–H and O–H groups in total. The molecule has 6 rings (SSSR count). The Labute approximate surface area is 200 Å². The molecule has 8 heteroatoms. The molecule has 0 unspecified atom stereocenters. The maximum absolute atomic E-state index is 14.2. The van der Waals surface area contributed by atoms with Crippen LogP contribution in [0.25, 0.3) is 0 Å². The van der Waals surface area contributed by atoms with E-state index in [1.54, 1.807) is 36.0 Å². The standard InChI is InChI=1S/C26H21N3O4S/c30-24(16-7-2-1-3-8-16)23-22(17-9-6-10-18(13-17)29(32)33)21-14-34-15-28(21)26(23)19-11-4-5-12-20(19)27-25(26)31/h1-13,21-23H,14-15H2,(H,27,31)/t21-,22+,23-,26-/m0/s1. The minimum absolute atomic E-state index is 0.0159. The molecule has 3 aromatic carbocycles. The molecule has 3 heterocycles. The van der Waals surface area contributed by atoms with Gasteiger partial charge in [0.25, 0.3) is 5.69 Å². The van der Waals surface area contributed by atoms with Crippen LogP contribution in [0.4, 0.5) is 11.4 Å². The Morgan fingerprint density at radius 3 is 2.62 bits per heavy atom. The minimum Gasteiger partial charge on any atom is -0.324 e. The minimum atomic E-state index is -1.17. The Bertz CT molecular complexity index is 1330. The third-order valence-corrected chi connectivity index (χ3v) is 8.37. The fraction of sp³-hybridized carbons (Fsp3) is 0.231. The number of fused-ring (bicyclic) bond motifs is 4. The van der Waals surface area contributed by atoms with Gasteiger partial charge in [0.1, 0.15) is 5.54 Å². The first-order valence-electron chi connectivity index (χ1n) is 11.1. The van der Waals surface area contributed by atoms with Crippen molar-refractivity contribution in [3.63, 3.8) is 0 Å². The second-order valence-electron chi connectivity index (χ2n) is 8.89. The summed E-state index contributed by atoms with van der Waals surface area (Å²) in [5.41, 5.74) is 1.58. The van der Waals surface area contributed by atoms with Crippen LogP contribution in [0.5, 0.6) is 0 Å². The van der Waals surface area contributed by atoms with E-state index < -0.39 is 16.4 Å². The smallest absolute Gasteiger partial charge is 0.269 e. The monoisotopic (exact) mass is 471 g/mol. The number of nitro groups is 1. The summed E-state index contributed by atoms with van der Waals surface area (Å²) in [5, 5.41) is 14.6. The van der Waals surface area contributed by atoms with Gasteiger partial charge >= 0.3 is 0 Å². The molecule has 7 nitrogen and oxygen atoms in total. The van der Waals surface area contributed by atoms with E-state index in [2.05, 4.69) is 10.2 Å². The number of ketones is 1. The highest BCUT2D eigenvalue weighted by atomic mass is 32.2. The number of carbonyl (C=O) groups excluding carboxylic acids is 2. The van der Waals surface area contributed by atoms with Crippen molar-refractivity contribution in [1.82, 2.24) is 4.90 Å². The average Bonchev–Trinajstić information content (AvgIpc) is 3.52. The zero-order valence-electron chi connectivity index (χ0n) is 18.1. The third kappa shape index (κ3) is 2.82. The van der Waals surface area contributed by atoms with E-state index in [1.807, 2.05) is 48.5 Å². The van der Waals surface area contributed by atoms with Crippen molar-refractivity contribution in [2.45, 2.75) is 17.5 Å². The third-order valence-electron chi connectivity index (χ3n) is 7.33. The lowest BCUT2D eigenvalue weighted by molar-refractivity contribution is -0.384. The van der Waals surface area contributed by atoms with Gasteiger partial charge in [0.15, 0.2) is 5.78 Å². The Kier molecular flexibility index (Phi) is 4.82. The maximum atomic E-state index is 14.2. The molecule has 1 amide bonds. The van der Waals surface area contributed by atoms with Crippen LogP contribution < -0.4 is 5.32 Å². The van der Waals surface area contributed by atoms with Crippen LogP contribution in [0, 0.1) is 16.0 Å². The number of Topliss-reactive ketones (excluding diaryl/α,β-unsaturated/α-hetero) is 1. The van der Waals surface area contributed by atoms with Crippen molar-refractivity contribution in [2.75, 3.05) is 16.9 Å². The van der Waals surface area contributed by atoms with Crippen molar-refractivity contribution >= 4 is 34.8 Å². The van der Waals surface area contributed by atoms with E-state index in [9.17, 15) is 19.7 Å². The number of nitrogens with one attached hydrogen (secondary N) is 1. The molecule has 4 atom stereocenters. The van der Waals surface area contributed by atoms with Gasteiger partial charge in [-0.3, -0.25) is 24.6 Å². The summed E-state index contributed by atoms with van der Waals surface area (Å²) in [4.78, 5) is 41.4. The fourth-order valence-corrected chi connectivity index (χ4v) is 7.36. The number of hydrogen-bond acceptors (Lipinski definition) is 6. The molecule has 3 aliphatic heterocycles. The lowest BCUT2D eigenvalue weighted by Crippen LogP contribution is -2.52. The summed E-state index contributed by atoms with van der Waals surface area (Å²) in [6.45, 7) is 0. The Hall–Kier alpha value is -3.49. The van der Waals surface area contributed by atoms with E-state index in [0.717, 1.165) is 16.9 Å². The van der Waals surface area contributed by atoms with E-state index in [1.165, 1.54) is 6.07 Å². The molecule has 0 radical (unpaired) electrons. The summed E-state index contributed by atoms with van der Waals surface area (Å²) >= 11 is 1.72. The van der Waals surface area contributed by atoms with Crippen molar-refractivity contribution in [3.05, 3.63) is 106 Å². The molecule has 170 valence electrons. The van der Waals surface area contributed by atoms with Crippen LogP contribution in [0.3, 0.4) is 0 Å². The lowest BCUT2D eigenvalue weighted by Gasteiger charge is -2.36. The van der Waals surface area contributed by atoms with Gasteiger partial charge in [0, 0.05) is 52.5 Å². The molecule has 34 heavy (non-hydrogen) atoms. The summed E-state index contributed by atoms with van der Waals surface area (Å²) in [6, 6.07) is 23.0. The molecule has 2 fully saturated rings. The normalized spacial score (nSPS) is 27.4. The predicted octanol–water partition coefficient (Wildman–Crippen LogP) is 4.41. The van der Waals surface area contributed by atoms with Crippen LogP contribution in [0.1, 0.15) is 27.4 Å². The molecule has 0 aromatic heterocycles. The predicted molar refractivity (Wildman–Crippen MR) is 130 cm³/mol. The number of non-ortho nitro benzene ring substituents is 1. The zero-order chi connectivity index (χ0) is 23.4. The maximum Gasteiger partial charge on any atom is 0.269 e. The number of rotatable bonds is 4. The van der Waals surface area contributed by atoms with Crippen LogP contribution in [-0.2, 0) is 10.3 Å². The SMILES string of the molecule is O=C(c1ccccc1)[C@@H]1[C@H](c2cccc([N+](=O)[O-])c2)[C@@H]2CSCN2[C@]12C(=O)Nc1ccccc12. The quantitative estimate of drug-likeness (QED) is 0.344. The fourth-order valence-electron chi connectivity index (χ4n) is 6.03. The van der Waals surface area contributed by atoms with Gasteiger partial charge in [-0.1, -0.05) is 60.7 Å². The number of para-hydroxylation sites is 1. The number of nitro benzene ring substituents is 1. The van der Waals surface area contributed by atoms with E-state index in [4.69, 9.17) is 0 Å². The van der Waals surface area contributed by atoms with Gasteiger partial charge in [-0.15, -0.1) is 11.8 Å². The molecule has 0 saturated carbocycles. The summed E-state index contributed by atoms with van der Waals surface area (Å²) < 4.78 is 0. The highest BCUT2D eigenvalue weighted by Crippen LogP contribution is 2.61. The van der Waals surface area contributed by atoms with Crippen LogP contribution in [0.15, 0.2) is 78.9 Å². The van der Waals surface area contributed by atoms with Crippen LogP contribution >= 0.6 is 11.8 Å². The Balaban J connectivity index is 1.62. The Morgan fingerprint density at radius 1 is 1.06 bits per heavy atom. The van der Waals surface area contributed by atoms with Gasteiger partial charge in [0.2, 0.25) is 5.91 Å². The second kappa shape index (κ2) is 7.78.